The summed E-state index contributed by atoms with van der Waals surface area (Å²) in [5.41, 5.74) is 2.18. The maximum atomic E-state index is 13.3. The molecule has 4 aromatic rings. The van der Waals surface area contributed by atoms with Crippen LogP contribution in [-0.4, -0.2) is 22.5 Å². The molecule has 1 aliphatic rings. The lowest BCUT2D eigenvalue weighted by Crippen LogP contribution is -2.27. The van der Waals surface area contributed by atoms with E-state index in [1.165, 1.54) is 0 Å². The lowest BCUT2D eigenvalue weighted by atomic mass is 9.91. The number of carbonyl (C=O) groups is 1. The lowest BCUT2D eigenvalue weighted by molar-refractivity contribution is -0.118. The summed E-state index contributed by atoms with van der Waals surface area (Å²) in [6.07, 6.45) is 5.70. The number of fused-ring (bicyclic) bond motifs is 2. The molecule has 32 heavy (non-hydrogen) atoms. The Labute approximate surface area is 190 Å². The molecule has 6 nitrogen and oxygen atoms in total. The molecule has 2 aromatic carbocycles. The Morgan fingerprint density at radius 2 is 2.03 bits per heavy atom. The average Bonchev–Trinajstić information content (AvgIpc) is 2.83. The van der Waals surface area contributed by atoms with Gasteiger partial charge in [0.1, 0.15) is 6.61 Å². The molecule has 0 radical (unpaired) electrons. The van der Waals surface area contributed by atoms with Crippen molar-refractivity contribution in [3.8, 4) is 11.5 Å². The van der Waals surface area contributed by atoms with E-state index in [0.29, 0.717) is 40.8 Å². The number of ether oxygens (including phenoxy) is 2. The van der Waals surface area contributed by atoms with Gasteiger partial charge in [-0.15, -0.1) is 0 Å². The van der Waals surface area contributed by atoms with Gasteiger partial charge in [0.25, 0.3) is 0 Å². The van der Waals surface area contributed by atoms with E-state index >= 15 is 0 Å². The second-order valence-electron chi connectivity index (χ2n) is 7.52. The molecule has 1 unspecified atom stereocenters. The normalized spacial score (nSPS) is 15.0. The molecule has 1 amide bonds. The number of nitrogens with one attached hydrogen (secondary N) is 1. The molecule has 0 fully saturated rings. The van der Waals surface area contributed by atoms with Gasteiger partial charge in [0.15, 0.2) is 11.5 Å². The van der Waals surface area contributed by atoms with Gasteiger partial charge in [0.05, 0.1) is 30.1 Å². The van der Waals surface area contributed by atoms with Crippen LogP contribution in [0, 0.1) is 0 Å². The summed E-state index contributed by atoms with van der Waals surface area (Å²) in [6, 6.07) is 16.9. The largest absolute Gasteiger partial charge is 0.489 e. The van der Waals surface area contributed by atoms with E-state index in [2.05, 4.69) is 15.3 Å². The molecule has 1 aliphatic heterocycles. The number of aromatic nitrogens is 2. The van der Waals surface area contributed by atoms with Gasteiger partial charge in [-0.25, -0.2) is 0 Å². The molecule has 0 spiro atoms. The predicted molar refractivity (Wildman–Crippen MR) is 123 cm³/mol. The van der Waals surface area contributed by atoms with Gasteiger partial charge in [0.2, 0.25) is 5.91 Å². The minimum absolute atomic E-state index is 0.134. The average molecular weight is 446 g/mol. The third-order valence-corrected chi connectivity index (χ3v) is 5.64. The first kappa shape index (κ1) is 20.3. The Kier molecular flexibility index (Phi) is 5.60. The highest BCUT2D eigenvalue weighted by molar-refractivity contribution is 6.31. The van der Waals surface area contributed by atoms with Crippen molar-refractivity contribution in [2.75, 3.05) is 11.9 Å². The predicted octanol–water partition coefficient (Wildman–Crippen LogP) is 5.37. The van der Waals surface area contributed by atoms with Crippen molar-refractivity contribution in [2.45, 2.75) is 18.9 Å². The Balaban J connectivity index is 1.42. The molecule has 1 atom stereocenters. The highest BCUT2D eigenvalue weighted by atomic mass is 35.5. The van der Waals surface area contributed by atoms with Gasteiger partial charge >= 0.3 is 0 Å². The van der Waals surface area contributed by atoms with Gasteiger partial charge < -0.3 is 14.8 Å². The van der Waals surface area contributed by atoms with E-state index in [4.69, 9.17) is 21.1 Å². The lowest BCUT2D eigenvalue weighted by Gasteiger charge is -2.27. The SMILES string of the molecule is O=C(Nc1cncc2ccccc12)C1CCOc2c(OCc3ccccn3)cc(Cl)cc21. The van der Waals surface area contributed by atoms with Crippen molar-refractivity contribution in [1.29, 1.82) is 0 Å². The Hall–Kier alpha value is -3.64. The van der Waals surface area contributed by atoms with Crippen molar-refractivity contribution in [3.63, 3.8) is 0 Å². The van der Waals surface area contributed by atoms with Gasteiger partial charge in [-0.05, 0) is 24.6 Å². The topological polar surface area (TPSA) is 73.3 Å². The van der Waals surface area contributed by atoms with Crippen molar-refractivity contribution < 1.29 is 14.3 Å². The maximum absolute atomic E-state index is 13.3. The van der Waals surface area contributed by atoms with Crippen molar-refractivity contribution in [2.24, 2.45) is 0 Å². The minimum atomic E-state index is -0.423. The van der Waals surface area contributed by atoms with E-state index in [0.717, 1.165) is 16.5 Å². The minimum Gasteiger partial charge on any atom is -0.489 e. The molecule has 0 bridgehead atoms. The number of hydrogen-bond acceptors (Lipinski definition) is 5. The number of rotatable bonds is 5. The molecule has 160 valence electrons. The van der Waals surface area contributed by atoms with E-state index in [9.17, 15) is 4.79 Å². The highest BCUT2D eigenvalue weighted by Crippen LogP contribution is 2.43. The third kappa shape index (κ3) is 4.09. The standard InChI is InChI=1S/C25H20ClN3O3/c26-17-11-21-20(25(30)29-22-14-27-13-16-5-1-2-7-19(16)22)8-10-31-24(21)23(12-17)32-15-18-6-3-4-9-28-18/h1-7,9,11-14,20H,8,10,15H2,(H,29,30). The van der Waals surface area contributed by atoms with Crippen LogP contribution in [0.5, 0.6) is 11.5 Å². The Morgan fingerprint density at radius 3 is 2.91 bits per heavy atom. The number of amides is 1. The van der Waals surface area contributed by atoms with Crippen molar-refractivity contribution in [1.82, 2.24) is 9.97 Å². The number of halogens is 1. The molecular weight excluding hydrogens is 426 g/mol. The highest BCUT2D eigenvalue weighted by Gasteiger charge is 2.31. The summed E-state index contributed by atoms with van der Waals surface area (Å²) in [5.74, 6) is 0.495. The maximum Gasteiger partial charge on any atom is 0.232 e. The molecule has 1 N–H and O–H groups in total. The van der Waals surface area contributed by atoms with Crippen LogP contribution in [0.4, 0.5) is 5.69 Å². The first-order chi connectivity index (χ1) is 15.7. The summed E-state index contributed by atoms with van der Waals surface area (Å²) in [5, 5.41) is 5.43. The molecular formula is C25H20ClN3O3. The van der Waals surface area contributed by atoms with Gasteiger partial charge in [-0.1, -0.05) is 41.9 Å². The third-order valence-electron chi connectivity index (χ3n) is 5.42. The van der Waals surface area contributed by atoms with Crippen LogP contribution < -0.4 is 14.8 Å². The summed E-state index contributed by atoms with van der Waals surface area (Å²) < 4.78 is 11.9. The van der Waals surface area contributed by atoms with E-state index in [-0.39, 0.29) is 12.5 Å². The number of pyridine rings is 2. The molecule has 0 saturated carbocycles. The molecule has 0 aliphatic carbocycles. The number of hydrogen-bond donors (Lipinski definition) is 1. The second kappa shape index (κ2) is 8.85. The van der Waals surface area contributed by atoms with Gasteiger partial charge in [-0.3, -0.25) is 14.8 Å². The van der Waals surface area contributed by atoms with Crippen molar-refractivity contribution >= 4 is 34.0 Å². The summed E-state index contributed by atoms with van der Waals surface area (Å²) in [4.78, 5) is 21.8. The summed E-state index contributed by atoms with van der Waals surface area (Å²) in [6.45, 7) is 0.677. The first-order valence-corrected chi connectivity index (χ1v) is 10.7. The zero-order chi connectivity index (χ0) is 21.9. The molecule has 7 heteroatoms. The second-order valence-corrected chi connectivity index (χ2v) is 7.96. The van der Waals surface area contributed by atoms with Gasteiger partial charge in [-0.2, -0.15) is 0 Å². The summed E-state index contributed by atoms with van der Waals surface area (Å²) in [7, 11) is 0. The number of anilines is 1. The van der Waals surface area contributed by atoms with Crippen LogP contribution in [0.1, 0.15) is 23.6 Å². The smallest absolute Gasteiger partial charge is 0.232 e. The van der Waals surface area contributed by atoms with E-state index in [1.54, 1.807) is 30.7 Å². The molecule has 0 saturated heterocycles. The molecule has 3 heterocycles. The monoisotopic (exact) mass is 445 g/mol. The number of nitrogens with zero attached hydrogens (tertiary/aromatic N) is 2. The molecule has 2 aromatic heterocycles. The van der Waals surface area contributed by atoms with Crippen LogP contribution in [0.15, 0.2) is 73.2 Å². The zero-order valence-electron chi connectivity index (χ0n) is 17.1. The quantitative estimate of drug-likeness (QED) is 0.447. The van der Waals surface area contributed by atoms with Gasteiger partial charge in [0, 0.05) is 39.8 Å². The van der Waals surface area contributed by atoms with Crippen molar-refractivity contribution in [3.05, 3.63) is 89.5 Å². The Morgan fingerprint density at radius 1 is 1.16 bits per heavy atom. The van der Waals surface area contributed by atoms with Crippen LogP contribution in [0.3, 0.4) is 0 Å². The van der Waals surface area contributed by atoms with Crippen LogP contribution in [0.25, 0.3) is 10.8 Å². The fourth-order valence-electron chi connectivity index (χ4n) is 3.89. The summed E-state index contributed by atoms with van der Waals surface area (Å²) >= 11 is 6.38. The fraction of sp³-hybridized carbons (Fsp3) is 0.160. The van der Waals surface area contributed by atoms with Crippen LogP contribution in [-0.2, 0) is 11.4 Å². The zero-order valence-corrected chi connectivity index (χ0v) is 17.9. The van der Waals surface area contributed by atoms with Crippen LogP contribution >= 0.6 is 11.6 Å². The number of benzene rings is 2. The Bertz CT molecular complexity index is 1270. The number of carbonyl (C=O) groups excluding carboxylic acids is 1. The van der Waals surface area contributed by atoms with E-state index in [1.807, 2.05) is 42.5 Å². The molecule has 5 rings (SSSR count). The van der Waals surface area contributed by atoms with Crippen LogP contribution in [0.2, 0.25) is 5.02 Å². The van der Waals surface area contributed by atoms with E-state index < -0.39 is 5.92 Å². The fourth-order valence-corrected chi connectivity index (χ4v) is 4.10. The first-order valence-electron chi connectivity index (χ1n) is 10.3.